The second-order valence-corrected chi connectivity index (χ2v) is 5.36. The van der Waals surface area contributed by atoms with Crippen LogP contribution in [0, 0.1) is 0 Å². The van der Waals surface area contributed by atoms with Gasteiger partial charge in [0.2, 0.25) is 0 Å². The Kier molecular flexibility index (Phi) is 4.41. The Morgan fingerprint density at radius 1 is 0.952 bits per heavy atom. The lowest BCUT2D eigenvalue weighted by molar-refractivity contribution is 0.171. The van der Waals surface area contributed by atoms with Crippen LogP contribution in [0.2, 0.25) is 0 Å². The van der Waals surface area contributed by atoms with Gasteiger partial charge in [0.05, 0.1) is 0 Å². The van der Waals surface area contributed by atoms with Crippen molar-refractivity contribution in [1.29, 1.82) is 0 Å². The summed E-state index contributed by atoms with van der Waals surface area (Å²) in [4.78, 5) is 0. The fourth-order valence-electron chi connectivity index (χ4n) is 2.72. The van der Waals surface area contributed by atoms with Crippen LogP contribution in [0.15, 0.2) is 48.5 Å². The molecular weight excluding hydrogens is 262 g/mol. The van der Waals surface area contributed by atoms with E-state index in [1.165, 1.54) is 11.1 Å². The van der Waals surface area contributed by atoms with Crippen LogP contribution < -0.4 is 15.2 Å². The highest BCUT2D eigenvalue weighted by molar-refractivity contribution is 5.44. The molecule has 0 radical (unpaired) electrons. The molecule has 1 aliphatic heterocycles. The molecule has 0 aliphatic carbocycles. The Balaban J connectivity index is 1.71. The molecule has 0 saturated carbocycles. The van der Waals surface area contributed by atoms with Crippen LogP contribution in [0.3, 0.4) is 0 Å². The average molecular weight is 283 g/mol. The van der Waals surface area contributed by atoms with Crippen LogP contribution in [0.1, 0.15) is 23.5 Å². The van der Waals surface area contributed by atoms with E-state index in [9.17, 15) is 0 Å². The highest BCUT2D eigenvalue weighted by atomic mass is 16.6. The largest absolute Gasteiger partial charge is 0.486 e. The van der Waals surface area contributed by atoms with Crippen molar-refractivity contribution < 1.29 is 9.47 Å². The second kappa shape index (κ2) is 6.64. The van der Waals surface area contributed by atoms with Crippen LogP contribution in [-0.4, -0.2) is 19.8 Å². The third-order valence-electron chi connectivity index (χ3n) is 3.95. The summed E-state index contributed by atoms with van der Waals surface area (Å²) in [6.45, 7) is 1.89. The van der Waals surface area contributed by atoms with Crippen molar-refractivity contribution in [2.75, 3.05) is 19.8 Å². The molecule has 110 valence electrons. The minimum atomic E-state index is 0.348. The van der Waals surface area contributed by atoms with E-state index in [4.69, 9.17) is 15.2 Å². The zero-order valence-corrected chi connectivity index (χ0v) is 12.1. The van der Waals surface area contributed by atoms with E-state index >= 15 is 0 Å². The lowest BCUT2D eigenvalue weighted by Gasteiger charge is -2.21. The molecular formula is C18H21NO2. The maximum Gasteiger partial charge on any atom is 0.161 e. The predicted molar refractivity (Wildman–Crippen MR) is 84.0 cm³/mol. The molecule has 0 saturated heterocycles. The van der Waals surface area contributed by atoms with Gasteiger partial charge in [0.25, 0.3) is 0 Å². The number of ether oxygens (including phenoxy) is 2. The number of hydrogen-bond acceptors (Lipinski definition) is 3. The second-order valence-electron chi connectivity index (χ2n) is 5.36. The minimum absolute atomic E-state index is 0.348. The van der Waals surface area contributed by atoms with Crippen molar-refractivity contribution in [2.45, 2.75) is 18.8 Å². The molecule has 1 heterocycles. The smallest absolute Gasteiger partial charge is 0.161 e. The van der Waals surface area contributed by atoms with E-state index < -0.39 is 0 Å². The first-order valence-corrected chi connectivity index (χ1v) is 7.50. The van der Waals surface area contributed by atoms with Gasteiger partial charge >= 0.3 is 0 Å². The van der Waals surface area contributed by atoms with E-state index in [2.05, 4.69) is 36.4 Å². The molecule has 2 N–H and O–H groups in total. The zero-order valence-electron chi connectivity index (χ0n) is 12.1. The fraction of sp³-hybridized carbons (Fsp3) is 0.333. The van der Waals surface area contributed by atoms with E-state index in [0.717, 1.165) is 24.3 Å². The van der Waals surface area contributed by atoms with Crippen molar-refractivity contribution in [3.05, 3.63) is 59.7 Å². The molecule has 0 amide bonds. The van der Waals surface area contributed by atoms with Gasteiger partial charge in [-0.15, -0.1) is 0 Å². The van der Waals surface area contributed by atoms with Gasteiger partial charge in [-0.3, -0.25) is 0 Å². The zero-order chi connectivity index (χ0) is 14.5. The number of fused-ring (bicyclic) bond motifs is 1. The van der Waals surface area contributed by atoms with Crippen LogP contribution in [0.25, 0.3) is 0 Å². The summed E-state index contributed by atoms with van der Waals surface area (Å²) in [7, 11) is 0. The minimum Gasteiger partial charge on any atom is -0.486 e. The first kappa shape index (κ1) is 14.0. The Morgan fingerprint density at radius 2 is 1.71 bits per heavy atom. The molecule has 1 atom stereocenters. The van der Waals surface area contributed by atoms with Gasteiger partial charge in [0.15, 0.2) is 11.5 Å². The fourth-order valence-corrected chi connectivity index (χ4v) is 2.72. The lowest BCUT2D eigenvalue weighted by atomic mass is 9.92. The number of hydrogen-bond donors (Lipinski definition) is 1. The third kappa shape index (κ3) is 3.37. The summed E-state index contributed by atoms with van der Waals surface area (Å²) in [5.41, 5.74) is 8.56. The van der Waals surface area contributed by atoms with E-state index in [0.29, 0.717) is 25.7 Å². The quantitative estimate of drug-likeness (QED) is 0.917. The molecule has 0 aromatic heterocycles. The maximum absolute atomic E-state index is 5.97. The molecule has 2 aromatic carbocycles. The first-order chi connectivity index (χ1) is 10.4. The number of nitrogens with two attached hydrogens (primary N) is 1. The predicted octanol–water partition coefficient (Wildman–Crippen LogP) is 3.13. The number of rotatable bonds is 5. The number of aryl methyl sites for hydroxylation is 1. The molecule has 0 fully saturated rings. The Hall–Kier alpha value is -2.00. The Bertz CT molecular complexity index is 583. The summed E-state index contributed by atoms with van der Waals surface area (Å²) in [5.74, 6) is 2.03. The van der Waals surface area contributed by atoms with Gasteiger partial charge < -0.3 is 15.2 Å². The van der Waals surface area contributed by atoms with Crippen molar-refractivity contribution in [1.82, 2.24) is 0 Å². The topological polar surface area (TPSA) is 44.5 Å². The molecule has 1 aliphatic rings. The number of benzene rings is 2. The Labute approximate surface area is 125 Å². The highest BCUT2D eigenvalue weighted by Gasteiger charge is 2.16. The molecule has 0 bridgehead atoms. The third-order valence-corrected chi connectivity index (χ3v) is 3.95. The van der Waals surface area contributed by atoms with E-state index in [1.807, 2.05) is 12.1 Å². The summed E-state index contributed by atoms with van der Waals surface area (Å²) < 4.78 is 11.2. The molecule has 3 rings (SSSR count). The van der Waals surface area contributed by atoms with Crippen molar-refractivity contribution in [3.63, 3.8) is 0 Å². The molecule has 3 heteroatoms. The monoisotopic (exact) mass is 283 g/mol. The van der Waals surface area contributed by atoms with Crippen LogP contribution >= 0.6 is 0 Å². The van der Waals surface area contributed by atoms with Gasteiger partial charge in [0, 0.05) is 0 Å². The molecule has 0 spiro atoms. The normalized spacial score (nSPS) is 14.7. The molecule has 2 aromatic rings. The van der Waals surface area contributed by atoms with Gasteiger partial charge in [-0.1, -0.05) is 36.4 Å². The van der Waals surface area contributed by atoms with Crippen molar-refractivity contribution in [2.24, 2.45) is 5.73 Å². The molecule has 3 nitrogen and oxygen atoms in total. The van der Waals surface area contributed by atoms with Crippen LogP contribution in [-0.2, 0) is 6.42 Å². The van der Waals surface area contributed by atoms with Crippen molar-refractivity contribution in [3.8, 4) is 11.5 Å². The van der Waals surface area contributed by atoms with Crippen LogP contribution in [0.4, 0.5) is 0 Å². The summed E-state index contributed by atoms with van der Waals surface area (Å²) in [5, 5.41) is 0. The summed E-state index contributed by atoms with van der Waals surface area (Å²) >= 11 is 0. The molecule has 21 heavy (non-hydrogen) atoms. The molecule has 1 unspecified atom stereocenters. The first-order valence-electron chi connectivity index (χ1n) is 7.50. The maximum atomic E-state index is 5.97. The highest BCUT2D eigenvalue weighted by Crippen LogP contribution is 2.34. The summed E-state index contributed by atoms with van der Waals surface area (Å²) in [6, 6.07) is 16.7. The van der Waals surface area contributed by atoms with Crippen molar-refractivity contribution >= 4 is 0 Å². The van der Waals surface area contributed by atoms with E-state index in [-0.39, 0.29) is 0 Å². The SMILES string of the molecule is NCC(CCc1ccccc1)c1ccc2c(c1)OCCO2. The van der Waals surface area contributed by atoms with Gasteiger partial charge in [-0.25, -0.2) is 0 Å². The summed E-state index contributed by atoms with van der Waals surface area (Å²) in [6.07, 6.45) is 2.08. The van der Waals surface area contributed by atoms with E-state index in [1.54, 1.807) is 0 Å². The average Bonchev–Trinajstić information content (AvgIpc) is 2.56. The van der Waals surface area contributed by atoms with Gasteiger partial charge in [0.1, 0.15) is 13.2 Å². The van der Waals surface area contributed by atoms with Crippen LogP contribution in [0.5, 0.6) is 11.5 Å². The van der Waals surface area contributed by atoms with Gasteiger partial charge in [-0.2, -0.15) is 0 Å². The Morgan fingerprint density at radius 3 is 2.48 bits per heavy atom. The standard InChI is InChI=1S/C18H21NO2/c19-13-16(7-6-14-4-2-1-3-5-14)15-8-9-17-18(12-15)21-11-10-20-17/h1-5,8-9,12,16H,6-7,10-11,13,19H2. The van der Waals surface area contributed by atoms with Gasteiger partial charge in [-0.05, 0) is 48.6 Å². The lowest BCUT2D eigenvalue weighted by Crippen LogP contribution is -2.17.